The van der Waals surface area contributed by atoms with Gasteiger partial charge >= 0.3 is 5.97 Å². The Balaban J connectivity index is 2.06. The third-order valence-corrected chi connectivity index (χ3v) is 6.26. The van der Waals surface area contributed by atoms with E-state index in [0.29, 0.717) is 11.1 Å². The summed E-state index contributed by atoms with van der Waals surface area (Å²) in [5, 5.41) is 7.49. The minimum absolute atomic E-state index is 0.0789. The lowest BCUT2D eigenvalue weighted by Gasteiger charge is -2.09. The van der Waals surface area contributed by atoms with Crippen LogP contribution in [-0.2, 0) is 14.8 Å². The molecule has 132 valence electrons. The lowest BCUT2D eigenvalue weighted by molar-refractivity contribution is 0.0527. The molecule has 0 aliphatic rings. The first-order valence-electron chi connectivity index (χ1n) is 7.36. The largest absolute Gasteiger partial charge is 0.462 e. The average molecular weight is 381 g/mol. The first kappa shape index (κ1) is 17.4. The van der Waals surface area contributed by atoms with E-state index in [1.165, 1.54) is 23.5 Å². The van der Waals surface area contributed by atoms with Crippen LogP contribution in [0.1, 0.15) is 27.7 Å². The molecule has 0 saturated heterocycles. The normalized spacial score (nSPS) is 11.6. The van der Waals surface area contributed by atoms with Gasteiger partial charge in [-0.1, -0.05) is 6.07 Å². The van der Waals surface area contributed by atoms with Gasteiger partial charge in [0.25, 0.3) is 10.0 Å². The summed E-state index contributed by atoms with van der Waals surface area (Å²) in [5.41, 5.74) is 1.35. The van der Waals surface area contributed by atoms with Crippen LogP contribution in [0.4, 0.5) is 5.00 Å². The second kappa shape index (κ2) is 6.45. The van der Waals surface area contributed by atoms with E-state index in [1.54, 1.807) is 19.9 Å². The Hall–Kier alpha value is -2.46. The van der Waals surface area contributed by atoms with Crippen molar-refractivity contribution in [3.63, 3.8) is 0 Å². The van der Waals surface area contributed by atoms with Crippen molar-refractivity contribution in [1.29, 1.82) is 0 Å². The Morgan fingerprint density at radius 2 is 2.08 bits per heavy atom. The number of thiophene rings is 1. The molecular formula is C15H15N3O5S2. The van der Waals surface area contributed by atoms with Crippen molar-refractivity contribution in [2.75, 3.05) is 11.3 Å². The molecule has 2 aromatic heterocycles. The van der Waals surface area contributed by atoms with Gasteiger partial charge in [0, 0.05) is 4.88 Å². The van der Waals surface area contributed by atoms with E-state index < -0.39 is 16.0 Å². The zero-order valence-electron chi connectivity index (χ0n) is 13.7. The molecule has 0 aliphatic heterocycles. The van der Waals surface area contributed by atoms with Crippen LogP contribution in [0.15, 0.2) is 27.7 Å². The monoisotopic (exact) mass is 381 g/mol. The maximum atomic E-state index is 12.8. The number of aromatic nitrogens is 2. The van der Waals surface area contributed by atoms with Gasteiger partial charge in [0.1, 0.15) is 15.4 Å². The molecule has 0 atom stereocenters. The van der Waals surface area contributed by atoms with Crippen LogP contribution in [0.25, 0.3) is 11.0 Å². The van der Waals surface area contributed by atoms with E-state index in [0.717, 1.165) is 4.88 Å². The maximum absolute atomic E-state index is 12.8. The van der Waals surface area contributed by atoms with Gasteiger partial charge in [-0.3, -0.25) is 4.72 Å². The molecular weight excluding hydrogens is 366 g/mol. The molecule has 0 fully saturated rings. The minimum atomic E-state index is -3.99. The predicted molar refractivity (Wildman–Crippen MR) is 92.4 cm³/mol. The van der Waals surface area contributed by atoms with E-state index >= 15 is 0 Å². The van der Waals surface area contributed by atoms with Gasteiger partial charge in [-0.05, 0) is 48.8 Å². The van der Waals surface area contributed by atoms with E-state index in [4.69, 9.17) is 4.74 Å². The molecule has 0 unspecified atom stereocenters. The molecule has 0 radical (unpaired) electrons. The molecule has 0 saturated carbocycles. The molecule has 3 rings (SSSR count). The molecule has 25 heavy (non-hydrogen) atoms. The Bertz CT molecular complexity index is 1050. The Morgan fingerprint density at radius 1 is 1.32 bits per heavy atom. The third kappa shape index (κ3) is 3.10. The molecule has 0 aliphatic carbocycles. The highest BCUT2D eigenvalue weighted by molar-refractivity contribution is 7.93. The Kier molecular flexibility index (Phi) is 4.48. The first-order chi connectivity index (χ1) is 11.8. The number of esters is 1. The molecule has 0 amide bonds. The molecule has 2 heterocycles. The van der Waals surface area contributed by atoms with Crippen LogP contribution in [0.3, 0.4) is 0 Å². The fourth-order valence-corrected chi connectivity index (χ4v) is 4.83. The van der Waals surface area contributed by atoms with Crippen molar-refractivity contribution in [3.05, 3.63) is 34.2 Å². The van der Waals surface area contributed by atoms with Crippen molar-refractivity contribution >= 4 is 43.4 Å². The summed E-state index contributed by atoms with van der Waals surface area (Å²) in [7, 11) is -3.99. The number of rotatable bonds is 5. The quantitative estimate of drug-likeness (QED) is 0.676. The number of carbonyl (C=O) groups excluding carboxylic acids is 1. The van der Waals surface area contributed by atoms with E-state index in [1.807, 2.05) is 6.92 Å². The summed E-state index contributed by atoms with van der Waals surface area (Å²) < 4.78 is 37.7. The number of anilines is 1. The Labute approximate surface area is 147 Å². The number of hydrogen-bond donors (Lipinski definition) is 1. The van der Waals surface area contributed by atoms with Gasteiger partial charge in [-0.15, -0.1) is 11.3 Å². The standard InChI is InChI=1S/C15H15N3O5S2/c1-4-22-15(19)12-8(2)9(3)24-14(12)18-25(20,21)11-7-5-6-10-13(11)17-23-16-10/h5-7,18H,4H2,1-3H3. The Morgan fingerprint density at radius 3 is 2.80 bits per heavy atom. The number of benzene rings is 1. The fraction of sp³-hybridized carbons (Fsp3) is 0.267. The summed E-state index contributed by atoms with van der Waals surface area (Å²) in [4.78, 5) is 12.9. The highest BCUT2D eigenvalue weighted by atomic mass is 32.2. The molecule has 1 aromatic carbocycles. The van der Waals surface area contributed by atoms with Crippen molar-refractivity contribution in [2.24, 2.45) is 0 Å². The number of carbonyl (C=O) groups is 1. The molecule has 0 spiro atoms. The van der Waals surface area contributed by atoms with Gasteiger partial charge < -0.3 is 4.74 Å². The minimum Gasteiger partial charge on any atom is -0.462 e. The number of nitrogens with one attached hydrogen (secondary N) is 1. The maximum Gasteiger partial charge on any atom is 0.341 e. The van der Waals surface area contributed by atoms with E-state index in [-0.39, 0.29) is 27.6 Å². The lowest BCUT2D eigenvalue weighted by atomic mass is 10.2. The van der Waals surface area contributed by atoms with Crippen LogP contribution in [0.2, 0.25) is 0 Å². The highest BCUT2D eigenvalue weighted by Gasteiger charge is 2.26. The van der Waals surface area contributed by atoms with Crippen molar-refractivity contribution in [1.82, 2.24) is 10.3 Å². The van der Waals surface area contributed by atoms with Gasteiger partial charge in [0.15, 0.2) is 5.52 Å². The van der Waals surface area contributed by atoms with Gasteiger partial charge in [-0.2, -0.15) is 0 Å². The van der Waals surface area contributed by atoms with Crippen molar-refractivity contribution < 1.29 is 22.6 Å². The zero-order chi connectivity index (χ0) is 18.2. The van der Waals surface area contributed by atoms with Gasteiger partial charge in [-0.25, -0.2) is 17.8 Å². The number of fused-ring (bicyclic) bond motifs is 1. The first-order valence-corrected chi connectivity index (χ1v) is 9.66. The topological polar surface area (TPSA) is 111 Å². The number of nitrogens with zero attached hydrogens (tertiary/aromatic N) is 2. The molecule has 0 bridgehead atoms. The van der Waals surface area contributed by atoms with Gasteiger partial charge in [0.05, 0.1) is 12.2 Å². The van der Waals surface area contributed by atoms with Crippen LogP contribution >= 0.6 is 11.3 Å². The van der Waals surface area contributed by atoms with Crippen molar-refractivity contribution in [3.8, 4) is 0 Å². The summed E-state index contributed by atoms with van der Waals surface area (Å²) in [6, 6.07) is 4.53. The third-order valence-electron chi connectivity index (χ3n) is 3.63. The summed E-state index contributed by atoms with van der Waals surface area (Å²) in [5.74, 6) is -0.566. The van der Waals surface area contributed by atoms with E-state index in [9.17, 15) is 13.2 Å². The smallest absolute Gasteiger partial charge is 0.341 e. The zero-order valence-corrected chi connectivity index (χ0v) is 15.3. The highest BCUT2D eigenvalue weighted by Crippen LogP contribution is 2.35. The molecule has 1 N–H and O–H groups in total. The number of sulfonamides is 1. The van der Waals surface area contributed by atoms with Crippen molar-refractivity contribution in [2.45, 2.75) is 25.7 Å². The summed E-state index contributed by atoms with van der Waals surface area (Å²) >= 11 is 1.17. The lowest BCUT2D eigenvalue weighted by Crippen LogP contribution is -2.16. The number of hydrogen-bond acceptors (Lipinski definition) is 8. The average Bonchev–Trinajstić information content (AvgIpc) is 3.12. The summed E-state index contributed by atoms with van der Waals surface area (Å²) in [6.07, 6.45) is 0. The summed E-state index contributed by atoms with van der Waals surface area (Å²) in [6.45, 7) is 5.44. The fourth-order valence-electron chi connectivity index (χ4n) is 2.32. The SMILES string of the molecule is CCOC(=O)c1c(NS(=O)(=O)c2cccc3nonc23)sc(C)c1C. The second-order valence-corrected chi connectivity index (χ2v) is 8.08. The number of ether oxygens (including phenoxy) is 1. The molecule has 8 nitrogen and oxygen atoms in total. The predicted octanol–water partition coefficient (Wildman–Crippen LogP) is 2.88. The van der Waals surface area contributed by atoms with Crippen LogP contribution in [-0.4, -0.2) is 31.3 Å². The number of aryl methyl sites for hydroxylation is 1. The van der Waals surface area contributed by atoms with E-state index in [2.05, 4.69) is 19.7 Å². The van der Waals surface area contributed by atoms with Crippen LogP contribution in [0, 0.1) is 13.8 Å². The van der Waals surface area contributed by atoms with Crippen LogP contribution in [0.5, 0.6) is 0 Å². The second-order valence-electron chi connectivity index (χ2n) is 5.20. The van der Waals surface area contributed by atoms with Gasteiger partial charge in [0.2, 0.25) is 0 Å². The van der Waals surface area contributed by atoms with Crippen LogP contribution < -0.4 is 4.72 Å². The molecule has 3 aromatic rings. The molecule has 10 heteroatoms.